The smallest absolute Gasteiger partial charge is 0.346 e. The summed E-state index contributed by atoms with van der Waals surface area (Å²) in [4.78, 5) is 28.5. The van der Waals surface area contributed by atoms with Crippen LogP contribution in [0.2, 0.25) is 0 Å². The second-order valence-electron chi connectivity index (χ2n) is 6.93. The third kappa shape index (κ3) is 6.91. The summed E-state index contributed by atoms with van der Waals surface area (Å²) in [5.74, 6) is -2.02. The molecule has 0 saturated heterocycles. The first-order valence-corrected chi connectivity index (χ1v) is 11.4. The minimum absolute atomic E-state index is 0.00399. The van der Waals surface area contributed by atoms with Gasteiger partial charge in [-0.2, -0.15) is 0 Å². The molecule has 0 amide bonds. The molecule has 0 radical (unpaired) electrons. The number of aromatic hydroxyl groups is 1. The summed E-state index contributed by atoms with van der Waals surface area (Å²) in [6.45, 7) is 5.59. The number of ether oxygens (including phenoxy) is 2. The number of hydrogen-bond donors (Lipinski definition) is 2. The highest BCUT2D eigenvalue weighted by atomic mass is 79.9. The number of rotatable bonds is 9. The minimum Gasteiger partial charge on any atom is -0.583 e. The average Bonchev–Trinajstić information content (AvgIpc) is 2.70. The van der Waals surface area contributed by atoms with Crippen LogP contribution in [0.25, 0.3) is 0 Å². The van der Waals surface area contributed by atoms with E-state index in [-0.39, 0.29) is 34.4 Å². The molecule has 0 aliphatic carbocycles. The first-order chi connectivity index (χ1) is 15.0. The third-order valence-corrected chi connectivity index (χ3v) is 5.46. The summed E-state index contributed by atoms with van der Waals surface area (Å²) >= 11 is 3.14. The number of carbonyl (C=O) groups is 1. The molecular weight excluding hydrogens is 510 g/mol. The molecule has 0 aliphatic heterocycles. The lowest BCUT2D eigenvalue weighted by Crippen LogP contribution is -2.22. The van der Waals surface area contributed by atoms with Gasteiger partial charge in [0.2, 0.25) is 0 Å². The van der Waals surface area contributed by atoms with Crippen LogP contribution in [-0.2, 0) is 20.7 Å². The van der Waals surface area contributed by atoms with E-state index >= 15 is 0 Å². The summed E-state index contributed by atoms with van der Waals surface area (Å²) in [5.41, 5.74) is 0.232. The number of hydrogen-bond acceptors (Lipinski definition) is 9. The zero-order chi connectivity index (χ0) is 24.0. The molecule has 174 valence electrons. The SMILES string of the molecule is Cc1ncc(C(Oc2ccc(Br)cc2F)O[P+]([O-])=N[C@@H](C)C(=O)OC(C)C)c(CO)c1O. The molecule has 2 rings (SSSR count). The highest BCUT2D eigenvalue weighted by Crippen LogP contribution is 2.37. The van der Waals surface area contributed by atoms with E-state index in [1.807, 2.05) is 0 Å². The van der Waals surface area contributed by atoms with Crippen molar-refractivity contribution in [3.8, 4) is 11.5 Å². The molecule has 1 heterocycles. The standard InChI is InChI=1S/C20H23BrFN2O7P/c1-10(2)29-19(27)12(4)24-32(28)31-20(30-17-6-5-13(21)7-16(17)22)14-8-23-11(3)18(26)15(14)9-25/h5-8,10,12,20,25-26H,9H2,1-4H3/t12-,20?/m0/s1. The fourth-order valence-electron chi connectivity index (χ4n) is 2.49. The van der Waals surface area contributed by atoms with Crippen LogP contribution in [0.1, 0.15) is 43.9 Å². The maximum atomic E-state index is 14.3. The monoisotopic (exact) mass is 532 g/mol. The molecule has 0 aliphatic rings. The number of benzene rings is 1. The molecule has 32 heavy (non-hydrogen) atoms. The van der Waals surface area contributed by atoms with E-state index in [0.29, 0.717) is 4.47 Å². The number of esters is 1. The molecule has 1 aromatic heterocycles. The topological polar surface area (TPSA) is 134 Å². The van der Waals surface area contributed by atoms with Gasteiger partial charge in [-0.3, -0.25) is 4.98 Å². The molecule has 12 heteroatoms. The minimum atomic E-state index is -2.86. The van der Waals surface area contributed by atoms with Gasteiger partial charge in [0, 0.05) is 16.2 Å². The Morgan fingerprint density at radius 3 is 2.66 bits per heavy atom. The average molecular weight is 533 g/mol. The number of halogens is 2. The summed E-state index contributed by atoms with van der Waals surface area (Å²) in [6, 6.07) is 2.87. The van der Waals surface area contributed by atoms with Crippen LogP contribution < -0.4 is 9.63 Å². The van der Waals surface area contributed by atoms with Gasteiger partial charge in [0.25, 0.3) is 6.29 Å². The first-order valence-electron chi connectivity index (χ1n) is 9.48. The van der Waals surface area contributed by atoms with Gasteiger partial charge in [0.1, 0.15) is 5.75 Å². The van der Waals surface area contributed by atoms with E-state index in [9.17, 15) is 24.3 Å². The van der Waals surface area contributed by atoms with Gasteiger partial charge in [-0.25, -0.2) is 9.18 Å². The summed E-state index contributed by atoms with van der Waals surface area (Å²) < 4.78 is 34.5. The number of nitrogens with zero attached hydrogens (tertiary/aromatic N) is 2. The van der Waals surface area contributed by atoms with E-state index in [1.54, 1.807) is 13.8 Å². The molecule has 0 saturated carbocycles. The van der Waals surface area contributed by atoms with Crippen molar-refractivity contribution in [1.29, 1.82) is 0 Å². The molecule has 3 atom stereocenters. The van der Waals surface area contributed by atoms with Crippen LogP contribution in [-0.4, -0.2) is 33.3 Å². The number of carbonyl (C=O) groups excluding carboxylic acids is 1. The molecule has 9 nitrogen and oxygen atoms in total. The van der Waals surface area contributed by atoms with E-state index in [2.05, 4.69) is 25.7 Å². The zero-order valence-electron chi connectivity index (χ0n) is 17.8. The predicted octanol–water partition coefficient (Wildman–Crippen LogP) is 3.78. The number of pyridine rings is 1. The Kier molecular flexibility index (Phi) is 9.47. The maximum Gasteiger partial charge on any atom is 0.346 e. The molecule has 2 unspecified atom stereocenters. The largest absolute Gasteiger partial charge is 0.583 e. The van der Waals surface area contributed by atoms with E-state index in [4.69, 9.17) is 14.0 Å². The van der Waals surface area contributed by atoms with Crippen molar-refractivity contribution in [3.63, 3.8) is 0 Å². The number of aliphatic hydroxyl groups excluding tert-OH is 1. The number of aryl methyl sites for hydroxylation is 1. The summed E-state index contributed by atoms with van der Waals surface area (Å²) in [7, 11) is -2.86. The van der Waals surface area contributed by atoms with Crippen LogP contribution >= 0.6 is 24.1 Å². The van der Waals surface area contributed by atoms with Gasteiger partial charge >= 0.3 is 14.1 Å². The highest BCUT2D eigenvalue weighted by molar-refractivity contribution is 9.10. The quantitative estimate of drug-likeness (QED) is 0.283. The van der Waals surface area contributed by atoms with Crippen LogP contribution in [0, 0.1) is 12.7 Å². The van der Waals surface area contributed by atoms with Gasteiger partial charge in [0.05, 0.1) is 24.0 Å². The van der Waals surface area contributed by atoms with Crippen molar-refractivity contribution in [2.75, 3.05) is 0 Å². The summed E-state index contributed by atoms with van der Waals surface area (Å²) in [6.07, 6.45) is -0.724. The Labute approximate surface area is 193 Å². The lowest BCUT2D eigenvalue weighted by molar-refractivity contribution is -0.189. The first kappa shape index (κ1) is 26.1. The van der Waals surface area contributed by atoms with Crippen LogP contribution in [0.4, 0.5) is 4.39 Å². The van der Waals surface area contributed by atoms with E-state index < -0.39 is 38.9 Å². The third-order valence-electron chi connectivity index (χ3n) is 4.06. The van der Waals surface area contributed by atoms with Gasteiger partial charge in [0.15, 0.2) is 17.6 Å². The predicted molar refractivity (Wildman–Crippen MR) is 115 cm³/mol. The Bertz CT molecular complexity index is 1010. The second kappa shape index (κ2) is 11.6. The molecule has 1 aromatic carbocycles. The van der Waals surface area contributed by atoms with E-state index in [0.717, 1.165) is 6.07 Å². The molecule has 0 spiro atoms. The lowest BCUT2D eigenvalue weighted by atomic mass is 10.1. The molecule has 2 aromatic rings. The van der Waals surface area contributed by atoms with E-state index in [1.165, 1.54) is 32.2 Å². The van der Waals surface area contributed by atoms with Gasteiger partial charge in [-0.05, 0) is 45.9 Å². The normalized spacial score (nSPS) is 13.7. The Morgan fingerprint density at radius 2 is 2.06 bits per heavy atom. The van der Waals surface area contributed by atoms with Gasteiger partial charge in [-0.15, -0.1) is 4.52 Å². The van der Waals surface area contributed by atoms with Crippen molar-refractivity contribution in [1.82, 2.24) is 4.98 Å². The second-order valence-corrected chi connectivity index (χ2v) is 8.76. The van der Waals surface area contributed by atoms with Crippen molar-refractivity contribution in [2.24, 2.45) is 4.74 Å². The molecular formula is C20H23BrFN2O7P. The Hall–Kier alpha value is -2.17. The van der Waals surface area contributed by atoms with Gasteiger partial charge in [-0.1, -0.05) is 20.7 Å². The molecule has 2 N–H and O–H groups in total. The van der Waals surface area contributed by atoms with Crippen molar-refractivity contribution >= 4 is 30.1 Å². The summed E-state index contributed by atoms with van der Waals surface area (Å²) in [5, 5.41) is 20.0. The lowest BCUT2D eigenvalue weighted by Gasteiger charge is -2.19. The number of aromatic nitrogens is 1. The molecule has 0 bridgehead atoms. The fourth-order valence-corrected chi connectivity index (χ4v) is 3.57. The Balaban J connectivity index is 2.42. The van der Waals surface area contributed by atoms with Crippen molar-refractivity contribution < 1.29 is 38.3 Å². The van der Waals surface area contributed by atoms with Crippen LogP contribution in [0.15, 0.2) is 33.6 Å². The zero-order valence-corrected chi connectivity index (χ0v) is 20.3. The van der Waals surface area contributed by atoms with Crippen LogP contribution in [0.5, 0.6) is 11.5 Å². The fraction of sp³-hybridized carbons (Fsp3) is 0.400. The van der Waals surface area contributed by atoms with Crippen LogP contribution in [0.3, 0.4) is 0 Å². The molecule has 0 fully saturated rings. The Morgan fingerprint density at radius 1 is 1.38 bits per heavy atom. The van der Waals surface area contributed by atoms with Gasteiger partial charge < -0.3 is 24.6 Å². The van der Waals surface area contributed by atoms with Crippen molar-refractivity contribution in [2.45, 2.75) is 52.7 Å². The highest BCUT2D eigenvalue weighted by Gasteiger charge is 2.29. The number of aliphatic hydroxyl groups is 1. The van der Waals surface area contributed by atoms with Crippen molar-refractivity contribution in [3.05, 3.63) is 51.5 Å². The maximum absolute atomic E-state index is 14.3.